The van der Waals surface area contributed by atoms with Gasteiger partial charge in [-0.3, -0.25) is 4.79 Å². The zero-order valence-electron chi connectivity index (χ0n) is 11.6. The maximum absolute atomic E-state index is 13.1. The molecule has 0 radical (unpaired) electrons. The predicted octanol–water partition coefficient (Wildman–Crippen LogP) is 1.79. The second-order valence-corrected chi connectivity index (χ2v) is 5.46. The molecule has 0 aliphatic heterocycles. The second-order valence-electron chi connectivity index (χ2n) is 5.46. The minimum Gasteiger partial charge on any atom is -0.384 e. The van der Waals surface area contributed by atoms with Gasteiger partial charge in [-0.1, -0.05) is 18.6 Å². The average molecular weight is 281 g/mol. The van der Waals surface area contributed by atoms with Crippen molar-refractivity contribution in [3.05, 3.63) is 35.6 Å². The van der Waals surface area contributed by atoms with Crippen molar-refractivity contribution in [2.45, 2.75) is 25.4 Å². The van der Waals surface area contributed by atoms with Crippen LogP contribution in [0.5, 0.6) is 0 Å². The molecule has 2 N–H and O–H groups in total. The summed E-state index contributed by atoms with van der Waals surface area (Å²) in [6, 6.07) is 5.44. The summed E-state index contributed by atoms with van der Waals surface area (Å²) in [6.07, 6.45) is 1.81. The van der Waals surface area contributed by atoms with Crippen LogP contribution in [0.1, 0.15) is 30.9 Å². The lowest BCUT2D eigenvalue weighted by Gasteiger charge is -2.41. The standard InChI is InChI=1S/C15H20FNO3/c1-20-10-15(6-3-7-15)9-17-14(19)13(18)11-4-2-5-12(16)8-11/h2,4-5,8,13,18H,3,6-7,9-10H2,1H3,(H,17,19)/t13-/m0/s1. The Hall–Kier alpha value is -1.46. The zero-order chi connectivity index (χ0) is 14.6. The number of hydrogen-bond acceptors (Lipinski definition) is 3. The van der Waals surface area contributed by atoms with Crippen molar-refractivity contribution in [3.8, 4) is 0 Å². The molecular weight excluding hydrogens is 261 g/mol. The number of carbonyl (C=O) groups is 1. The summed E-state index contributed by atoms with van der Waals surface area (Å²) in [7, 11) is 1.64. The number of aliphatic hydroxyl groups is 1. The number of halogens is 1. The Balaban J connectivity index is 1.91. The third-order valence-electron chi connectivity index (χ3n) is 3.92. The first-order chi connectivity index (χ1) is 9.56. The van der Waals surface area contributed by atoms with Crippen LogP contribution in [0.2, 0.25) is 0 Å². The van der Waals surface area contributed by atoms with Crippen LogP contribution < -0.4 is 5.32 Å². The van der Waals surface area contributed by atoms with Gasteiger partial charge < -0.3 is 15.2 Å². The summed E-state index contributed by atoms with van der Waals surface area (Å²) >= 11 is 0. The number of carbonyl (C=O) groups excluding carboxylic acids is 1. The highest BCUT2D eigenvalue weighted by Gasteiger charge is 2.37. The van der Waals surface area contributed by atoms with Gasteiger partial charge in [-0.25, -0.2) is 4.39 Å². The number of hydrogen-bond donors (Lipinski definition) is 2. The van der Waals surface area contributed by atoms with E-state index in [1.807, 2.05) is 0 Å². The number of methoxy groups -OCH3 is 1. The van der Waals surface area contributed by atoms with E-state index in [2.05, 4.69) is 5.32 Å². The number of nitrogens with one attached hydrogen (secondary N) is 1. The molecule has 0 bridgehead atoms. The van der Waals surface area contributed by atoms with Crippen LogP contribution >= 0.6 is 0 Å². The lowest BCUT2D eigenvalue weighted by Crippen LogP contribution is -2.46. The predicted molar refractivity (Wildman–Crippen MR) is 72.5 cm³/mol. The SMILES string of the molecule is COCC1(CNC(=O)[C@@H](O)c2cccc(F)c2)CCC1. The van der Waals surface area contributed by atoms with E-state index in [4.69, 9.17) is 4.74 Å². The van der Waals surface area contributed by atoms with E-state index in [0.717, 1.165) is 19.3 Å². The highest BCUT2D eigenvalue weighted by atomic mass is 19.1. The van der Waals surface area contributed by atoms with E-state index in [9.17, 15) is 14.3 Å². The highest BCUT2D eigenvalue weighted by molar-refractivity contribution is 5.81. The smallest absolute Gasteiger partial charge is 0.253 e. The largest absolute Gasteiger partial charge is 0.384 e. The quantitative estimate of drug-likeness (QED) is 0.836. The molecule has 1 aliphatic rings. The maximum Gasteiger partial charge on any atom is 0.253 e. The lowest BCUT2D eigenvalue weighted by molar-refractivity contribution is -0.130. The number of rotatable bonds is 6. The lowest BCUT2D eigenvalue weighted by atomic mass is 9.69. The van der Waals surface area contributed by atoms with Crippen molar-refractivity contribution in [3.63, 3.8) is 0 Å². The van der Waals surface area contributed by atoms with Gasteiger partial charge in [0.05, 0.1) is 6.61 Å². The van der Waals surface area contributed by atoms with Gasteiger partial charge in [0, 0.05) is 19.1 Å². The summed E-state index contributed by atoms with van der Waals surface area (Å²) in [5.41, 5.74) is 0.253. The van der Waals surface area contributed by atoms with Gasteiger partial charge in [-0.05, 0) is 30.5 Å². The number of amides is 1. The Kier molecular flexibility index (Phi) is 4.73. The molecule has 1 aromatic carbocycles. The summed E-state index contributed by atoms with van der Waals surface area (Å²) in [6.45, 7) is 1.08. The van der Waals surface area contributed by atoms with Crippen LogP contribution in [-0.4, -0.2) is 31.3 Å². The molecule has 1 atom stereocenters. The molecule has 1 saturated carbocycles. The minimum absolute atomic E-state index is 0.00787. The van der Waals surface area contributed by atoms with Gasteiger partial charge in [-0.2, -0.15) is 0 Å². The summed E-state index contributed by atoms with van der Waals surface area (Å²) in [5, 5.41) is 12.7. The average Bonchev–Trinajstić information content (AvgIpc) is 2.40. The van der Waals surface area contributed by atoms with Crippen molar-refractivity contribution in [2.24, 2.45) is 5.41 Å². The van der Waals surface area contributed by atoms with E-state index >= 15 is 0 Å². The van der Waals surface area contributed by atoms with Crippen molar-refractivity contribution >= 4 is 5.91 Å². The van der Waals surface area contributed by atoms with E-state index in [-0.39, 0.29) is 11.0 Å². The molecular formula is C15H20FNO3. The Morgan fingerprint density at radius 3 is 2.85 bits per heavy atom. The van der Waals surface area contributed by atoms with Crippen LogP contribution in [0, 0.1) is 11.2 Å². The van der Waals surface area contributed by atoms with Crippen molar-refractivity contribution in [1.82, 2.24) is 5.32 Å². The molecule has 0 spiro atoms. The van der Waals surface area contributed by atoms with Crippen LogP contribution in [0.4, 0.5) is 4.39 Å². The normalized spacial score (nSPS) is 18.1. The molecule has 4 nitrogen and oxygen atoms in total. The Morgan fingerprint density at radius 1 is 1.55 bits per heavy atom. The van der Waals surface area contributed by atoms with Crippen molar-refractivity contribution in [2.75, 3.05) is 20.3 Å². The fourth-order valence-corrected chi connectivity index (χ4v) is 2.55. The molecule has 0 aromatic heterocycles. The molecule has 5 heteroatoms. The van der Waals surface area contributed by atoms with Gasteiger partial charge in [0.2, 0.25) is 0 Å². The van der Waals surface area contributed by atoms with Gasteiger partial charge in [0.1, 0.15) is 5.82 Å². The maximum atomic E-state index is 13.1. The molecule has 0 heterocycles. The Labute approximate surface area is 117 Å². The second kappa shape index (κ2) is 6.33. The van der Waals surface area contributed by atoms with Crippen molar-refractivity contribution in [1.29, 1.82) is 0 Å². The topological polar surface area (TPSA) is 58.6 Å². The fraction of sp³-hybridized carbons (Fsp3) is 0.533. The Morgan fingerprint density at radius 2 is 2.30 bits per heavy atom. The molecule has 0 saturated heterocycles. The monoisotopic (exact) mass is 281 g/mol. The van der Waals surface area contributed by atoms with Crippen LogP contribution in [-0.2, 0) is 9.53 Å². The van der Waals surface area contributed by atoms with Crippen LogP contribution in [0.15, 0.2) is 24.3 Å². The minimum atomic E-state index is -1.34. The number of benzene rings is 1. The first-order valence-electron chi connectivity index (χ1n) is 6.76. The van der Waals surface area contributed by atoms with Gasteiger partial charge >= 0.3 is 0 Å². The van der Waals surface area contributed by atoms with Crippen LogP contribution in [0.3, 0.4) is 0 Å². The summed E-state index contributed by atoms with van der Waals surface area (Å²) in [4.78, 5) is 11.9. The molecule has 1 aromatic rings. The Bertz CT molecular complexity index is 474. The molecule has 110 valence electrons. The van der Waals surface area contributed by atoms with E-state index in [1.54, 1.807) is 7.11 Å². The molecule has 1 aliphatic carbocycles. The van der Waals surface area contributed by atoms with Gasteiger partial charge in [0.15, 0.2) is 6.10 Å². The molecule has 1 fully saturated rings. The van der Waals surface area contributed by atoms with Crippen molar-refractivity contribution < 1.29 is 19.0 Å². The zero-order valence-corrected chi connectivity index (χ0v) is 11.6. The number of aliphatic hydroxyl groups excluding tert-OH is 1. The molecule has 1 amide bonds. The highest BCUT2D eigenvalue weighted by Crippen LogP contribution is 2.40. The fourth-order valence-electron chi connectivity index (χ4n) is 2.55. The van der Waals surface area contributed by atoms with E-state index in [1.165, 1.54) is 24.3 Å². The molecule has 2 rings (SSSR count). The van der Waals surface area contributed by atoms with E-state index in [0.29, 0.717) is 13.2 Å². The molecule has 0 unspecified atom stereocenters. The summed E-state index contributed by atoms with van der Waals surface area (Å²) in [5.74, 6) is -0.970. The first kappa shape index (κ1) is 14.9. The summed E-state index contributed by atoms with van der Waals surface area (Å²) < 4.78 is 18.2. The number of ether oxygens (including phenoxy) is 1. The van der Waals surface area contributed by atoms with Crippen LogP contribution in [0.25, 0.3) is 0 Å². The van der Waals surface area contributed by atoms with Gasteiger partial charge in [0.25, 0.3) is 5.91 Å². The third kappa shape index (κ3) is 3.35. The third-order valence-corrected chi connectivity index (χ3v) is 3.92. The van der Waals surface area contributed by atoms with Gasteiger partial charge in [-0.15, -0.1) is 0 Å². The first-order valence-corrected chi connectivity index (χ1v) is 6.76. The molecule has 20 heavy (non-hydrogen) atoms. The van der Waals surface area contributed by atoms with E-state index < -0.39 is 17.8 Å².